The molecule has 1 saturated heterocycles. The summed E-state index contributed by atoms with van der Waals surface area (Å²) in [6.45, 7) is 2.18. The molecule has 4 unspecified atom stereocenters. The van der Waals surface area contributed by atoms with Crippen molar-refractivity contribution in [3.8, 4) is 0 Å². The van der Waals surface area contributed by atoms with Crippen molar-refractivity contribution in [3.63, 3.8) is 0 Å². The van der Waals surface area contributed by atoms with Crippen LogP contribution in [-0.4, -0.2) is 26.1 Å². The van der Waals surface area contributed by atoms with Gasteiger partial charge in [-0.2, -0.15) is 0 Å². The SMILES string of the molecule is [B]C1CC(C)C(CP)O1. The van der Waals surface area contributed by atoms with Crippen molar-refractivity contribution in [2.75, 3.05) is 6.16 Å². The molecule has 50 valence electrons. The highest BCUT2D eigenvalue weighted by Crippen LogP contribution is 2.25. The summed E-state index contributed by atoms with van der Waals surface area (Å²) in [6.07, 6.45) is 2.40. The van der Waals surface area contributed by atoms with Gasteiger partial charge in [-0.05, 0) is 18.5 Å². The van der Waals surface area contributed by atoms with Gasteiger partial charge in [0.1, 0.15) is 7.85 Å². The van der Waals surface area contributed by atoms with E-state index in [0.29, 0.717) is 12.0 Å². The van der Waals surface area contributed by atoms with Crippen LogP contribution in [0.15, 0.2) is 0 Å². The van der Waals surface area contributed by atoms with Gasteiger partial charge in [0.25, 0.3) is 0 Å². The molecule has 9 heavy (non-hydrogen) atoms. The van der Waals surface area contributed by atoms with Crippen LogP contribution in [0.2, 0.25) is 0 Å². The minimum atomic E-state index is -0.00875. The molecule has 1 aliphatic rings. The average molecular weight is 142 g/mol. The summed E-state index contributed by atoms with van der Waals surface area (Å²) in [5.41, 5.74) is 0. The lowest BCUT2D eigenvalue weighted by atomic mass is 9.92. The summed E-state index contributed by atoms with van der Waals surface area (Å²) in [4.78, 5) is 0. The molecule has 0 aliphatic carbocycles. The molecule has 0 spiro atoms. The van der Waals surface area contributed by atoms with Crippen LogP contribution in [0.25, 0.3) is 0 Å². The van der Waals surface area contributed by atoms with Crippen LogP contribution >= 0.6 is 9.24 Å². The lowest BCUT2D eigenvalue weighted by Gasteiger charge is -2.10. The number of hydrogen-bond donors (Lipinski definition) is 0. The van der Waals surface area contributed by atoms with Crippen LogP contribution in [0.3, 0.4) is 0 Å². The van der Waals surface area contributed by atoms with E-state index in [1.807, 2.05) is 0 Å². The Labute approximate surface area is 60.2 Å². The second kappa shape index (κ2) is 3.03. The van der Waals surface area contributed by atoms with E-state index in [9.17, 15) is 0 Å². The second-order valence-corrected chi connectivity index (χ2v) is 3.13. The standard InChI is InChI=1S/C6H12BOP/c1-4-2-6(7)8-5(4)3-9/h4-6H,2-3,9H2,1H3. The number of hydrogen-bond acceptors (Lipinski definition) is 1. The number of ether oxygens (including phenoxy) is 1. The molecule has 0 aromatic rings. The topological polar surface area (TPSA) is 9.23 Å². The molecule has 0 amide bonds. The quantitative estimate of drug-likeness (QED) is 0.388. The van der Waals surface area contributed by atoms with E-state index in [2.05, 4.69) is 16.2 Å². The zero-order valence-electron chi connectivity index (χ0n) is 5.71. The third-order valence-corrected chi connectivity index (χ3v) is 2.29. The highest BCUT2D eigenvalue weighted by molar-refractivity contribution is 7.16. The molecule has 3 heteroatoms. The summed E-state index contributed by atoms with van der Waals surface area (Å²) < 4.78 is 5.38. The van der Waals surface area contributed by atoms with Crippen LogP contribution in [0, 0.1) is 5.92 Å². The van der Waals surface area contributed by atoms with Crippen molar-refractivity contribution in [2.24, 2.45) is 5.92 Å². The molecule has 0 saturated carbocycles. The predicted octanol–water partition coefficient (Wildman–Crippen LogP) is 0.781. The molecule has 1 fully saturated rings. The highest BCUT2D eigenvalue weighted by atomic mass is 31.0. The Morgan fingerprint density at radius 3 is 2.67 bits per heavy atom. The van der Waals surface area contributed by atoms with Gasteiger partial charge in [0.2, 0.25) is 0 Å². The van der Waals surface area contributed by atoms with Gasteiger partial charge in [0.15, 0.2) is 0 Å². The van der Waals surface area contributed by atoms with Crippen LogP contribution in [0.1, 0.15) is 13.3 Å². The molecular formula is C6H12BOP. The van der Waals surface area contributed by atoms with Crippen LogP contribution in [0.5, 0.6) is 0 Å². The van der Waals surface area contributed by atoms with E-state index >= 15 is 0 Å². The molecule has 1 rings (SSSR count). The van der Waals surface area contributed by atoms with E-state index < -0.39 is 0 Å². The molecule has 1 heterocycles. The van der Waals surface area contributed by atoms with Crippen molar-refractivity contribution in [2.45, 2.75) is 25.5 Å². The molecule has 0 N–H and O–H groups in total. The molecule has 1 aliphatic heterocycles. The van der Waals surface area contributed by atoms with E-state index in [0.717, 1.165) is 12.6 Å². The minimum absolute atomic E-state index is 0.00875. The Balaban J connectivity index is 2.38. The predicted molar refractivity (Wildman–Crippen MR) is 42.8 cm³/mol. The smallest absolute Gasteiger partial charge is 0.109 e. The Hall–Kier alpha value is 0.455. The Morgan fingerprint density at radius 2 is 2.44 bits per heavy atom. The summed E-state index contributed by atoms with van der Waals surface area (Å²) in [5, 5.41) is 0. The Morgan fingerprint density at radius 1 is 1.78 bits per heavy atom. The summed E-state index contributed by atoms with van der Waals surface area (Å²) >= 11 is 0. The first-order valence-electron chi connectivity index (χ1n) is 3.35. The largest absolute Gasteiger partial charge is 0.384 e. The highest BCUT2D eigenvalue weighted by Gasteiger charge is 2.27. The van der Waals surface area contributed by atoms with Gasteiger partial charge >= 0.3 is 0 Å². The first kappa shape index (κ1) is 7.56. The third kappa shape index (κ3) is 1.69. The molecule has 4 atom stereocenters. The zero-order valence-corrected chi connectivity index (χ0v) is 6.86. The molecular weight excluding hydrogens is 130 g/mol. The number of rotatable bonds is 1. The first-order chi connectivity index (χ1) is 4.24. The average Bonchev–Trinajstić information content (AvgIpc) is 2.10. The maximum absolute atomic E-state index is 5.56. The van der Waals surface area contributed by atoms with Crippen molar-refractivity contribution >= 4 is 17.1 Å². The first-order valence-corrected chi connectivity index (χ1v) is 4.16. The summed E-state index contributed by atoms with van der Waals surface area (Å²) in [6, 6.07) is -0.00875. The van der Waals surface area contributed by atoms with Gasteiger partial charge in [-0.3, -0.25) is 0 Å². The van der Waals surface area contributed by atoms with Crippen LogP contribution in [-0.2, 0) is 4.74 Å². The lowest BCUT2D eigenvalue weighted by Crippen LogP contribution is -2.15. The fraction of sp³-hybridized carbons (Fsp3) is 1.00. The second-order valence-electron chi connectivity index (χ2n) is 2.66. The van der Waals surface area contributed by atoms with Gasteiger partial charge < -0.3 is 4.74 Å². The van der Waals surface area contributed by atoms with Gasteiger partial charge in [-0.1, -0.05) is 6.92 Å². The maximum atomic E-state index is 5.56. The molecule has 1 nitrogen and oxygen atoms in total. The van der Waals surface area contributed by atoms with Crippen molar-refractivity contribution < 1.29 is 4.74 Å². The van der Waals surface area contributed by atoms with Gasteiger partial charge in [0, 0.05) is 6.00 Å². The molecule has 0 bridgehead atoms. The van der Waals surface area contributed by atoms with Crippen LogP contribution < -0.4 is 0 Å². The van der Waals surface area contributed by atoms with Crippen molar-refractivity contribution in [1.29, 1.82) is 0 Å². The lowest BCUT2D eigenvalue weighted by molar-refractivity contribution is 0.0916. The van der Waals surface area contributed by atoms with Crippen LogP contribution in [0.4, 0.5) is 0 Å². The molecule has 2 radical (unpaired) electrons. The Kier molecular flexibility index (Phi) is 2.54. The zero-order chi connectivity index (χ0) is 6.85. The maximum Gasteiger partial charge on any atom is 0.109 e. The fourth-order valence-corrected chi connectivity index (χ4v) is 1.80. The summed E-state index contributed by atoms with van der Waals surface area (Å²) in [7, 11) is 8.24. The van der Waals surface area contributed by atoms with Gasteiger partial charge in [-0.25, -0.2) is 0 Å². The minimum Gasteiger partial charge on any atom is -0.384 e. The van der Waals surface area contributed by atoms with E-state index in [1.165, 1.54) is 0 Å². The molecule has 0 aromatic heterocycles. The fourth-order valence-electron chi connectivity index (χ4n) is 1.22. The third-order valence-electron chi connectivity index (χ3n) is 1.82. The van der Waals surface area contributed by atoms with Crippen molar-refractivity contribution in [1.82, 2.24) is 0 Å². The Bertz CT molecular complexity index is 99.1. The van der Waals surface area contributed by atoms with Gasteiger partial charge in [0.05, 0.1) is 6.10 Å². The van der Waals surface area contributed by atoms with E-state index in [1.54, 1.807) is 0 Å². The van der Waals surface area contributed by atoms with E-state index in [-0.39, 0.29) is 6.00 Å². The normalized spacial score (nSPS) is 43.6. The molecule has 0 aromatic carbocycles. The van der Waals surface area contributed by atoms with Gasteiger partial charge in [-0.15, -0.1) is 9.24 Å². The summed E-state index contributed by atoms with van der Waals surface area (Å²) in [5.74, 6) is 0.637. The van der Waals surface area contributed by atoms with E-state index in [4.69, 9.17) is 12.6 Å². The monoisotopic (exact) mass is 142 g/mol. The van der Waals surface area contributed by atoms with Crippen molar-refractivity contribution in [3.05, 3.63) is 0 Å².